The van der Waals surface area contributed by atoms with Crippen molar-refractivity contribution in [1.29, 1.82) is 0 Å². The standard InChI is InChI=1S/C36H41NS/c1-22-26-11-9-10-12-27(26)31(35(3,4)5)21-30(22)32-34-29(17-20-37(32)8)28-14-13-25(23(2)33(28)38-34)24-15-18-36(6,7)19-16-24/h9-14,17,20-21,24H,8,15-16,18-19H2,1-7H3. The highest BCUT2D eigenvalue weighted by Gasteiger charge is 2.35. The van der Waals surface area contributed by atoms with Crippen LogP contribution in [0.25, 0.3) is 26.9 Å². The predicted molar refractivity (Wildman–Crippen MR) is 167 cm³/mol. The number of aryl methyl sites for hydroxylation is 2. The average molecular weight is 520 g/mol. The van der Waals surface area contributed by atoms with Crippen LogP contribution in [0.3, 0.4) is 0 Å². The third-order valence-corrected chi connectivity index (χ3v) is 10.6. The Labute approximate surface area is 232 Å². The molecule has 1 saturated carbocycles. The summed E-state index contributed by atoms with van der Waals surface area (Å²) in [5.74, 6) is 0.687. The van der Waals surface area contributed by atoms with E-state index < -0.39 is 0 Å². The maximum Gasteiger partial charge on any atom is 0.197 e. The molecule has 0 atom stereocenters. The number of benzene rings is 3. The highest BCUT2D eigenvalue weighted by Crippen LogP contribution is 2.49. The van der Waals surface area contributed by atoms with Crippen LogP contribution in [0, 0.1) is 25.3 Å². The van der Waals surface area contributed by atoms with E-state index in [4.69, 9.17) is 0 Å². The lowest BCUT2D eigenvalue weighted by molar-refractivity contribution is -0.417. The van der Waals surface area contributed by atoms with Crippen molar-refractivity contribution in [3.63, 3.8) is 0 Å². The second-order valence-electron chi connectivity index (χ2n) is 13.5. The van der Waals surface area contributed by atoms with Gasteiger partial charge in [-0.25, -0.2) is 0 Å². The minimum atomic E-state index is 0.0438. The van der Waals surface area contributed by atoms with Crippen molar-refractivity contribution >= 4 is 45.0 Å². The summed E-state index contributed by atoms with van der Waals surface area (Å²) >= 11 is 1.97. The zero-order valence-electron chi connectivity index (χ0n) is 24.2. The molecule has 1 aliphatic heterocycles. The molecular formula is C36H41NS. The summed E-state index contributed by atoms with van der Waals surface area (Å²) in [5.41, 5.74) is 8.97. The molecule has 0 radical (unpaired) electrons. The van der Waals surface area contributed by atoms with Gasteiger partial charge in [0.1, 0.15) is 17.5 Å². The Bertz CT molecular complexity index is 1610. The Balaban J connectivity index is 1.52. The first-order valence-electron chi connectivity index (χ1n) is 14.2. The molecule has 4 aromatic rings. The molecule has 0 N–H and O–H groups in total. The highest BCUT2D eigenvalue weighted by atomic mass is 32.1. The van der Waals surface area contributed by atoms with Gasteiger partial charge >= 0.3 is 0 Å². The van der Waals surface area contributed by atoms with Crippen molar-refractivity contribution < 1.29 is 4.58 Å². The molecule has 1 aliphatic carbocycles. The van der Waals surface area contributed by atoms with Crippen LogP contribution in [-0.2, 0) is 5.41 Å². The molecule has 1 nitrogen and oxygen atoms in total. The lowest BCUT2D eigenvalue weighted by atomic mass is 9.70. The van der Waals surface area contributed by atoms with Gasteiger partial charge in [-0.2, -0.15) is 0 Å². The van der Waals surface area contributed by atoms with Crippen LogP contribution in [-0.4, -0.2) is 11.3 Å². The van der Waals surface area contributed by atoms with E-state index in [1.54, 1.807) is 5.56 Å². The summed E-state index contributed by atoms with van der Waals surface area (Å²) in [6, 6.07) is 17.4. The van der Waals surface area contributed by atoms with Gasteiger partial charge in [0, 0.05) is 0 Å². The van der Waals surface area contributed by atoms with E-state index >= 15 is 0 Å². The highest BCUT2D eigenvalue weighted by molar-refractivity contribution is 7.20. The number of hydrogen-bond acceptors (Lipinski definition) is 0. The Morgan fingerprint density at radius 3 is 2.37 bits per heavy atom. The lowest BCUT2D eigenvalue weighted by Gasteiger charge is -2.36. The summed E-state index contributed by atoms with van der Waals surface area (Å²) in [4.78, 5) is 1.35. The second-order valence-corrected chi connectivity index (χ2v) is 14.5. The maximum atomic E-state index is 4.48. The van der Waals surface area contributed by atoms with E-state index in [0.29, 0.717) is 11.3 Å². The minimum Gasteiger partial charge on any atom is -0.257 e. The van der Waals surface area contributed by atoms with E-state index in [1.807, 2.05) is 11.3 Å². The van der Waals surface area contributed by atoms with Crippen molar-refractivity contribution in [3.8, 4) is 0 Å². The first-order chi connectivity index (χ1) is 18.0. The third-order valence-electron chi connectivity index (χ3n) is 9.27. The summed E-state index contributed by atoms with van der Waals surface area (Å²) in [5, 5.41) is 4.09. The first-order valence-corrected chi connectivity index (χ1v) is 15.0. The summed E-state index contributed by atoms with van der Waals surface area (Å²) in [7, 11) is 0. The Morgan fingerprint density at radius 2 is 1.68 bits per heavy atom. The molecule has 1 aromatic heterocycles. The first kappa shape index (κ1) is 25.4. The van der Waals surface area contributed by atoms with Gasteiger partial charge in [0.15, 0.2) is 15.6 Å². The van der Waals surface area contributed by atoms with E-state index in [1.165, 1.54) is 85.3 Å². The Morgan fingerprint density at radius 1 is 1.00 bits per heavy atom. The fourth-order valence-electron chi connectivity index (χ4n) is 6.86. The van der Waals surface area contributed by atoms with Crippen molar-refractivity contribution in [3.05, 3.63) is 93.0 Å². The topological polar surface area (TPSA) is 3.01 Å². The normalized spacial score (nSPS) is 18.0. The molecule has 3 aromatic carbocycles. The van der Waals surface area contributed by atoms with Gasteiger partial charge < -0.3 is 0 Å². The van der Waals surface area contributed by atoms with Gasteiger partial charge in [-0.05, 0) is 70.1 Å². The zero-order valence-corrected chi connectivity index (χ0v) is 25.0. The van der Waals surface area contributed by atoms with E-state index in [9.17, 15) is 0 Å². The van der Waals surface area contributed by atoms with Crippen LogP contribution in [0.2, 0.25) is 0 Å². The SMILES string of the molecule is C=[N+]1C=Cc2c([s+][c-]3c(C)c(C4CCC(C)(C)CC4)ccc23)[C-]1c1cc(C(C)(C)C)c2ccccc2c1C. The lowest BCUT2D eigenvalue weighted by Crippen LogP contribution is -2.20. The monoisotopic (exact) mass is 519 g/mol. The van der Waals surface area contributed by atoms with Gasteiger partial charge in [-0.15, -0.1) is 17.7 Å². The third kappa shape index (κ3) is 4.04. The molecule has 0 amide bonds. The average Bonchev–Trinajstić information content (AvgIpc) is 3.24. The molecule has 6 rings (SSSR count). The predicted octanol–water partition coefficient (Wildman–Crippen LogP) is 10.3. The van der Waals surface area contributed by atoms with Gasteiger partial charge in [-0.1, -0.05) is 101 Å². The van der Waals surface area contributed by atoms with E-state index in [0.717, 1.165) is 0 Å². The fraction of sp³-hybridized carbons (Fsp3) is 0.389. The molecule has 1 fully saturated rings. The second kappa shape index (κ2) is 8.85. The van der Waals surface area contributed by atoms with Crippen molar-refractivity contribution in [2.24, 2.45) is 5.41 Å². The van der Waals surface area contributed by atoms with Gasteiger partial charge in [-0.3, -0.25) is 4.58 Å². The molecular weight excluding hydrogens is 478 g/mol. The number of hydrogen-bond donors (Lipinski definition) is 0. The number of thiophene rings is 1. The van der Waals surface area contributed by atoms with Crippen LogP contribution in [0.15, 0.2) is 48.7 Å². The maximum absolute atomic E-state index is 4.48. The van der Waals surface area contributed by atoms with Crippen molar-refractivity contribution in [2.75, 3.05) is 0 Å². The van der Waals surface area contributed by atoms with Crippen molar-refractivity contribution in [1.82, 2.24) is 0 Å². The molecule has 0 spiro atoms. The van der Waals surface area contributed by atoms with Gasteiger partial charge in [0.05, 0.1) is 6.72 Å². The summed E-state index contributed by atoms with van der Waals surface area (Å²) in [6.45, 7) is 21.0. The molecule has 38 heavy (non-hydrogen) atoms. The molecule has 0 saturated heterocycles. The molecule has 0 bridgehead atoms. The zero-order chi connectivity index (χ0) is 27.0. The van der Waals surface area contributed by atoms with Crippen LogP contribution >= 0.6 is 11.3 Å². The van der Waals surface area contributed by atoms with Crippen molar-refractivity contribution in [2.45, 2.75) is 85.5 Å². The summed E-state index contributed by atoms with van der Waals surface area (Å²) < 4.78 is 3.55. The van der Waals surface area contributed by atoms with E-state index in [2.05, 4.69) is 114 Å². The molecule has 2 heteroatoms. The van der Waals surface area contributed by atoms with Gasteiger partial charge in [0.25, 0.3) is 0 Å². The molecule has 2 heterocycles. The van der Waals surface area contributed by atoms with Crippen LogP contribution in [0.4, 0.5) is 0 Å². The Kier molecular flexibility index (Phi) is 5.92. The smallest absolute Gasteiger partial charge is 0.197 e. The molecule has 196 valence electrons. The number of nitrogens with zero attached hydrogens (tertiary/aromatic N) is 1. The number of fused-ring (bicyclic) bond motifs is 4. The van der Waals surface area contributed by atoms with Crippen LogP contribution in [0.5, 0.6) is 0 Å². The largest absolute Gasteiger partial charge is 0.257 e. The molecule has 2 aliphatic rings. The van der Waals surface area contributed by atoms with Crippen LogP contribution in [0.1, 0.15) is 104 Å². The Hall–Kier alpha value is -2.84. The summed E-state index contributed by atoms with van der Waals surface area (Å²) in [6.07, 6.45) is 9.69. The minimum absolute atomic E-state index is 0.0438. The quantitative estimate of drug-likeness (QED) is 0.141. The van der Waals surface area contributed by atoms with Gasteiger partial charge in [0.2, 0.25) is 0 Å². The number of rotatable bonds is 2. The molecule has 0 unspecified atom stereocenters. The van der Waals surface area contributed by atoms with Crippen LogP contribution < -0.4 is 0 Å². The van der Waals surface area contributed by atoms with E-state index in [-0.39, 0.29) is 5.41 Å². The fourth-order valence-corrected chi connectivity index (χ4v) is 8.23.